The fraction of sp³-hybridized carbons (Fsp3) is 0.393. The number of fused-ring (bicyclic) bond motifs is 2. The number of rotatable bonds is 10. The number of nitrogens with one attached hydrogen (secondary N) is 1. The third-order valence-corrected chi connectivity index (χ3v) is 7.03. The van der Waals surface area contributed by atoms with Crippen LogP contribution in [0.25, 0.3) is 21.6 Å². The van der Waals surface area contributed by atoms with Gasteiger partial charge in [0.25, 0.3) is 0 Å². The standard InChI is InChI=1S/C28H30N8O5/c1-28(2)40-23-21(13-34-35-29)39-27(24(23)41-28)36-16-33-22-25(31-15-32-26(22)36)30-12-17-4-10-20(11-5-17)38-14-18-6-8-19(37-3)9-7-18/h4-11,15-16,21,23-24,27H,12-14H2,1-3H3,(H,30,31,32)/t21-,23?,24+,27-/m1/s1. The first-order chi connectivity index (χ1) is 19.9. The number of nitrogens with zero attached hydrogens (tertiary/aromatic N) is 7. The van der Waals surface area contributed by atoms with Crippen LogP contribution in [0.15, 0.2) is 66.3 Å². The van der Waals surface area contributed by atoms with E-state index in [1.165, 1.54) is 6.33 Å². The highest BCUT2D eigenvalue weighted by Crippen LogP contribution is 2.44. The summed E-state index contributed by atoms with van der Waals surface area (Å²) in [5.74, 6) is 1.40. The molecule has 0 saturated carbocycles. The minimum Gasteiger partial charge on any atom is -0.497 e. The van der Waals surface area contributed by atoms with E-state index < -0.39 is 24.2 Å². The average molecular weight is 559 g/mol. The summed E-state index contributed by atoms with van der Waals surface area (Å²) in [5, 5.41) is 7.05. The maximum Gasteiger partial charge on any atom is 0.167 e. The van der Waals surface area contributed by atoms with Crippen LogP contribution in [0, 0.1) is 0 Å². The van der Waals surface area contributed by atoms with Gasteiger partial charge in [0.15, 0.2) is 29.0 Å². The number of ether oxygens (including phenoxy) is 5. The van der Waals surface area contributed by atoms with Gasteiger partial charge in [-0.2, -0.15) is 0 Å². The molecule has 6 rings (SSSR count). The van der Waals surface area contributed by atoms with E-state index in [1.807, 2.05) is 66.9 Å². The quantitative estimate of drug-likeness (QED) is 0.165. The van der Waals surface area contributed by atoms with Crippen molar-refractivity contribution in [2.45, 2.75) is 57.3 Å². The van der Waals surface area contributed by atoms with Crippen LogP contribution in [0.4, 0.5) is 5.82 Å². The molecule has 13 heteroatoms. The Kier molecular flexibility index (Phi) is 7.33. The number of methoxy groups -OCH3 is 1. The van der Waals surface area contributed by atoms with Crippen molar-refractivity contribution in [1.29, 1.82) is 0 Å². The number of imidazole rings is 1. The van der Waals surface area contributed by atoms with Gasteiger partial charge in [0.2, 0.25) is 0 Å². The Morgan fingerprint density at radius 2 is 1.73 bits per heavy atom. The highest BCUT2D eigenvalue weighted by molar-refractivity contribution is 5.82. The molecule has 4 heterocycles. The molecule has 212 valence electrons. The van der Waals surface area contributed by atoms with Crippen molar-refractivity contribution in [2.24, 2.45) is 5.11 Å². The van der Waals surface area contributed by atoms with E-state index in [-0.39, 0.29) is 12.6 Å². The van der Waals surface area contributed by atoms with Crippen LogP contribution in [0.2, 0.25) is 0 Å². The van der Waals surface area contributed by atoms with E-state index in [1.54, 1.807) is 13.4 Å². The molecule has 2 aliphatic heterocycles. The zero-order valence-corrected chi connectivity index (χ0v) is 22.9. The summed E-state index contributed by atoms with van der Waals surface area (Å²) >= 11 is 0. The van der Waals surface area contributed by atoms with E-state index in [0.29, 0.717) is 30.1 Å². The number of anilines is 1. The summed E-state index contributed by atoms with van der Waals surface area (Å²) in [6.07, 6.45) is 1.32. The Hall–Kier alpha value is -4.42. The summed E-state index contributed by atoms with van der Waals surface area (Å²) in [5.41, 5.74) is 12.1. The lowest BCUT2D eigenvalue weighted by molar-refractivity contribution is -0.195. The summed E-state index contributed by atoms with van der Waals surface area (Å²) in [4.78, 5) is 16.3. The second-order valence-electron chi connectivity index (χ2n) is 10.2. The third kappa shape index (κ3) is 5.61. The molecule has 2 aliphatic rings. The Morgan fingerprint density at radius 1 is 1.00 bits per heavy atom. The molecule has 2 fully saturated rings. The van der Waals surface area contributed by atoms with Gasteiger partial charge in [-0.25, -0.2) is 15.0 Å². The molecule has 0 aliphatic carbocycles. The molecule has 41 heavy (non-hydrogen) atoms. The van der Waals surface area contributed by atoms with E-state index in [0.717, 1.165) is 22.6 Å². The summed E-state index contributed by atoms with van der Waals surface area (Å²) in [6.45, 7) is 4.83. The normalized spacial score (nSPS) is 22.7. The molecule has 2 saturated heterocycles. The lowest BCUT2D eigenvalue weighted by Gasteiger charge is -2.24. The van der Waals surface area contributed by atoms with Gasteiger partial charge in [-0.1, -0.05) is 29.4 Å². The maximum absolute atomic E-state index is 8.80. The number of benzene rings is 2. The van der Waals surface area contributed by atoms with E-state index >= 15 is 0 Å². The smallest absolute Gasteiger partial charge is 0.167 e. The fourth-order valence-corrected chi connectivity index (χ4v) is 5.09. The van der Waals surface area contributed by atoms with Gasteiger partial charge in [-0.3, -0.25) is 4.57 Å². The topological polar surface area (TPSA) is 151 Å². The number of aromatic nitrogens is 4. The number of hydrogen-bond acceptors (Lipinski definition) is 10. The molecule has 0 amide bonds. The van der Waals surface area contributed by atoms with Crippen LogP contribution in [-0.4, -0.2) is 57.3 Å². The molecule has 4 aromatic rings. The van der Waals surface area contributed by atoms with Gasteiger partial charge >= 0.3 is 0 Å². The molecule has 4 atom stereocenters. The lowest BCUT2D eigenvalue weighted by Crippen LogP contribution is -2.31. The number of azide groups is 1. The third-order valence-electron chi connectivity index (χ3n) is 7.03. The van der Waals surface area contributed by atoms with Crippen molar-refractivity contribution in [2.75, 3.05) is 19.0 Å². The van der Waals surface area contributed by atoms with Gasteiger partial charge in [-0.15, -0.1) is 0 Å². The highest BCUT2D eigenvalue weighted by Gasteiger charge is 2.55. The Balaban J connectivity index is 1.12. The molecule has 0 bridgehead atoms. The Bertz CT molecular complexity index is 1550. The van der Waals surface area contributed by atoms with Crippen molar-refractivity contribution in [1.82, 2.24) is 19.5 Å². The van der Waals surface area contributed by atoms with Gasteiger partial charge in [0.1, 0.15) is 36.6 Å². The molecule has 13 nitrogen and oxygen atoms in total. The monoisotopic (exact) mass is 558 g/mol. The van der Waals surface area contributed by atoms with Crippen molar-refractivity contribution >= 4 is 17.0 Å². The second kappa shape index (κ2) is 11.2. The Labute approximate surface area is 236 Å². The van der Waals surface area contributed by atoms with Crippen LogP contribution < -0.4 is 14.8 Å². The van der Waals surface area contributed by atoms with Crippen molar-refractivity contribution in [3.63, 3.8) is 0 Å². The van der Waals surface area contributed by atoms with Crippen LogP contribution in [0.3, 0.4) is 0 Å². The number of hydrogen-bond donors (Lipinski definition) is 1. The zero-order chi connectivity index (χ0) is 28.4. The van der Waals surface area contributed by atoms with Crippen LogP contribution >= 0.6 is 0 Å². The molecule has 0 radical (unpaired) electrons. The van der Waals surface area contributed by atoms with Crippen LogP contribution in [0.5, 0.6) is 11.5 Å². The predicted octanol–water partition coefficient (Wildman–Crippen LogP) is 4.75. The average Bonchev–Trinajstić information content (AvgIpc) is 3.65. The SMILES string of the molecule is COc1ccc(COc2ccc(CNc3ncnc4c3ncn4[C@@H]3O[C@H](CN=[N+]=[N-])C4OC(C)(C)O[C@@H]43)cc2)cc1. The minimum absolute atomic E-state index is 0.132. The molecule has 1 N–H and O–H groups in total. The van der Waals surface area contributed by atoms with E-state index in [2.05, 4.69) is 30.3 Å². The second-order valence-corrected chi connectivity index (χ2v) is 10.2. The molecule has 2 aromatic carbocycles. The molecule has 0 spiro atoms. The molecular weight excluding hydrogens is 528 g/mol. The van der Waals surface area contributed by atoms with E-state index in [9.17, 15) is 0 Å². The van der Waals surface area contributed by atoms with Crippen LogP contribution in [-0.2, 0) is 27.4 Å². The van der Waals surface area contributed by atoms with Gasteiger partial charge in [0.05, 0.1) is 26.1 Å². The minimum atomic E-state index is -0.791. The largest absolute Gasteiger partial charge is 0.497 e. The summed E-state index contributed by atoms with van der Waals surface area (Å²) in [7, 11) is 1.65. The van der Waals surface area contributed by atoms with Gasteiger partial charge in [-0.05, 0) is 54.8 Å². The first-order valence-corrected chi connectivity index (χ1v) is 13.2. The van der Waals surface area contributed by atoms with Crippen molar-refractivity contribution in [3.05, 3.63) is 82.8 Å². The fourth-order valence-electron chi connectivity index (χ4n) is 5.09. The zero-order valence-electron chi connectivity index (χ0n) is 22.9. The predicted molar refractivity (Wildman–Crippen MR) is 148 cm³/mol. The first-order valence-electron chi connectivity index (χ1n) is 13.2. The summed E-state index contributed by atoms with van der Waals surface area (Å²) < 4.78 is 31.4. The lowest BCUT2D eigenvalue weighted by atomic mass is 10.1. The van der Waals surface area contributed by atoms with Gasteiger partial charge in [0, 0.05) is 11.5 Å². The highest BCUT2D eigenvalue weighted by atomic mass is 16.8. The maximum atomic E-state index is 8.80. The Morgan fingerprint density at radius 3 is 2.49 bits per heavy atom. The van der Waals surface area contributed by atoms with Gasteiger partial charge < -0.3 is 29.0 Å². The van der Waals surface area contributed by atoms with Crippen molar-refractivity contribution in [3.8, 4) is 11.5 Å². The summed E-state index contributed by atoms with van der Waals surface area (Å²) in [6, 6.07) is 15.7. The van der Waals surface area contributed by atoms with E-state index in [4.69, 9.17) is 29.2 Å². The first kappa shape index (κ1) is 26.8. The van der Waals surface area contributed by atoms with Crippen LogP contribution in [0.1, 0.15) is 31.2 Å². The molecule has 1 unspecified atom stereocenters. The molecule has 2 aromatic heterocycles. The van der Waals surface area contributed by atoms with Crippen molar-refractivity contribution < 1.29 is 23.7 Å². The molecular formula is C28H30N8O5.